The van der Waals surface area contributed by atoms with E-state index in [0.29, 0.717) is 17.3 Å². The van der Waals surface area contributed by atoms with Gasteiger partial charge < -0.3 is 15.2 Å². The Bertz CT molecular complexity index is 1080. The zero-order valence-corrected chi connectivity index (χ0v) is 17.6. The van der Waals surface area contributed by atoms with Crippen LogP contribution < -0.4 is 10.1 Å². The van der Waals surface area contributed by atoms with Crippen molar-refractivity contribution in [3.8, 4) is 5.75 Å². The molecule has 0 aliphatic carbocycles. The van der Waals surface area contributed by atoms with E-state index in [4.69, 9.17) is 0 Å². The number of halogens is 4. The van der Waals surface area contributed by atoms with Crippen molar-refractivity contribution in [1.82, 2.24) is 19.6 Å². The first kappa shape index (κ1) is 22.7. The molecule has 31 heavy (non-hydrogen) atoms. The van der Waals surface area contributed by atoms with Gasteiger partial charge in [0.1, 0.15) is 12.1 Å². The van der Waals surface area contributed by atoms with Crippen LogP contribution in [0.3, 0.4) is 0 Å². The van der Waals surface area contributed by atoms with E-state index in [1.54, 1.807) is 6.07 Å². The SMILES string of the molecule is CC(C)(C)c1cc(N[C@@H](c2ccc(OC(F)(F)F)c(F)c2)C(C)(C)O)n2ncnc2n1. The number of rotatable bonds is 5. The maximum atomic E-state index is 14.3. The van der Waals surface area contributed by atoms with Gasteiger partial charge in [-0.15, -0.1) is 13.2 Å². The van der Waals surface area contributed by atoms with Crippen LogP contribution in [0.1, 0.15) is 51.9 Å². The molecule has 168 valence electrons. The summed E-state index contributed by atoms with van der Waals surface area (Å²) < 4.78 is 56.8. The van der Waals surface area contributed by atoms with Gasteiger partial charge in [-0.3, -0.25) is 0 Å². The Morgan fingerprint density at radius 1 is 1.10 bits per heavy atom. The highest BCUT2D eigenvalue weighted by atomic mass is 19.4. The zero-order chi connectivity index (χ0) is 23.2. The summed E-state index contributed by atoms with van der Waals surface area (Å²) in [5, 5.41) is 18.0. The molecule has 0 aliphatic rings. The molecule has 3 aromatic rings. The largest absolute Gasteiger partial charge is 0.573 e. The summed E-state index contributed by atoms with van der Waals surface area (Å²) in [6.45, 7) is 8.89. The monoisotopic (exact) mass is 441 g/mol. The van der Waals surface area contributed by atoms with Gasteiger partial charge in [-0.1, -0.05) is 26.8 Å². The van der Waals surface area contributed by atoms with Crippen molar-refractivity contribution >= 4 is 11.6 Å². The van der Waals surface area contributed by atoms with E-state index >= 15 is 0 Å². The predicted octanol–water partition coefficient (Wildman–Crippen LogP) is 4.38. The highest BCUT2D eigenvalue weighted by Crippen LogP contribution is 2.34. The third-order valence-corrected chi connectivity index (χ3v) is 4.53. The second-order valence-electron chi connectivity index (χ2n) is 8.72. The van der Waals surface area contributed by atoms with E-state index in [2.05, 4.69) is 25.1 Å². The molecular weight excluding hydrogens is 418 g/mol. The lowest BCUT2D eigenvalue weighted by atomic mass is 9.90. The number of nitrogens with zero attached hydrogens (tertiary/aromatic N) is 4. The van der Waals surface area contributed by atoms with Crippen molar-refractivity contribution < 1.29 is 27.4 Å². The molecule has 0 fully saturated rings. The Balaban J connectivity index is 2.05. The van der Waals surface area contributed by atoms with Crippen molar-refractivity contribution in [3.63, 3.8) is 0 Å². The number of hydrogen-bond acceptors (Lipinski definition) is 6. The van der Waals surface area contributed by atoms with Gasteiger partial charge in [0.25, 0.3) is 5.78 Å². The molecule has 0 aliphatic heterocycles. The molecular formula is C20H23F4N5O2. The number of anilines is 1. The first-order valence-electron chi connectivity index (χ1n) is 9.40. The van der Waals surface area contributed by atoms with E-state index in [-0.39, 0.29) is 11.0 Å². The van der Waals surface area contributed by atoms with Crippen LogP contribution in [0.25, 0.3) is 5.78 Å². The molecule has 0 bridgehead atoms. The Labute approximate surface area is 176 Å². The van der Waals surface area contributed by atoms with E-state index in [1.807, 2.05) is 20.8 Å². The molecule has 0 saturated heterocycles. The second kappa shape index (κ2) is 7.63. The molecule has 1 atom stereocenters. The van der Waals surface area contributed by atoms with Gasteiger partial charge in [0.15, 0.2) is 11.6 Å². The van der Waals surface area contributed by atoms with Crippen molar-refractivity contribution in [1.29, 1.82) is 0 Å². The Morgan fingerprint density at radius 2 is 1.77 bits per heavy atom. The van der Waals surface area contributed by atoms with Gasteiger partial charge in [0.2, 0.25) is 0 Å². The lowest BCUT2D eigenvalue weighted by Crippen LogP contribution is -2.35. The standard InChI is InChI=1S/C20H23F4N5O2/c1-18(2,3)14-9-15(29-17(27-14)25-10-26-29)28-16(19(4,5)30)11-6-7-13(12(21)8-11)31-20(22,23)24/h6-10,16,28,30H,1-5H3/t16-/m0/s1. The molecule has 0 unspecified atom stereocenters. The summed E-state index contributed by atoms with van der Waals surface area (Å²) >= 11 is 0. The quantitative estimate of drug-likeness (QED) is 0.572. The molecule has 2 aromatic heterocycles. The molecule has 2 heterocycles. The number of fused-ring (bicyclic) bond motifs is 1. The van der Waals surface area contributed by atoms with Crippen molar-refractivity contribution in [2.24, 2.45) is 0 Å². The van der Waals surface area contributed by atoms with Crippen molar-refractivity contribution in [2.75, 3.05) is 5.32 Å². The topological polar surface area (TPSA) is 84.6 Å². The number of benzene rings is 1. The average Bonchev–Trinajstić information content (AvgIpc) is 3.07. The normalized spacial score (nSPS) is 14.0. The van der Waals surface area contributed by atoms with E-state index in [0.717, 1.165) is 12.1 Å². The Hall–Kier alpha value is -2.95. The van der Waals surface area contributed by atoms with Crippen LogP contribution in [0, 0.1) is 5.82 Å². The number of aromatic nitrogens is 4. The summed E-state index contributed by atoms with van der Waals surface area (Å²) in [7, 11) is 0. The summed E-state index contributed by atoms with van der Waals surface area (Å²) in [4.78, 5) is 8.58. The number of hydrogen-bond donors (Lipinski definition) is 2. The summed E-state index contributed by atoms with van der Waals surface area (Å²) in [6, 6.07) is 3.84. The first-order chi connectivity index (χ1) is 14.1. The van der Waals surface area contributed by atoms with Crippen LogP contribution in [0.15, 0.2) is 30.6 Å². The minimum absolute atomic E-state index is 0.210. The summed E-state index contributed by atoms with van der Waals surface area (Å²) in [5.41, 5.74) is -0.847. The van der Waals surface area contributed by atoms with Crippen LogP contribution in [-0.2, 0) is 5.41 Å². The Kier molecular flexibility index (Phi) is 5.59. The van der Waals surface area contributed by atoms with Crippen LogP contribution in [-0.4, -0.2) is 36.7 Å². The number of alkyl halides is 3. The highest BCUT2D eigenvalue weighted by Gasteiger charge is 2.34. The van der Waals surface area contributed by atoms with Crippen molar-refractivity contribution in [3.05, 3.63) is 47.7 Å². The molecule has 0 amide bonds. The molecule has 3 rings (SSSR count). The minimum Gasteiger partial charge on any atom is -0.403 e. The fraction of sp³-hybridized carbons (Fsp3) is 0.450. The maximum absolute atomic E-state index is 14.3. The van der Waals surface area contributed by atoms with Gasteiger partial charge in [-0.05, 0) is 31.5 Å². The van der Waals surface area contributed by atoms with E-state index in [9.17, 15) is 22.7 Å². The maximum Gasteiger partial charge on any atom is 0.573 e. The third kappa shape index (κ3) is 5.22. The number of ether oxygens (including phenoxy) is 1. The van der Waals surface area contributed by atoms with Crippen LogP contribution in [0.5, 0.6) is 5.75 Å². The first-order valence-corrected chi connectivity index (χ1v) is 9.40. The van der Waals surface area contributed by atoms with Crippen LogP contribution in [0.4, 0.5) is 23.4 Å². The lowest BCUT2D eigenvalue weighted by Gasteiger charge is -2.32. The lowest BCUT2D eigenvalue weighted by molar-refractivity contribution is -0.275. The smallest absolute Gasteiger partial charge is 0.403 e. The minimum atomic E-state index is -5.02. The van der Waals surface area contributed by atoms with E-state index in [1.165, 1.54) is 30.8 Å². The second-order valence-corrected chi connectivity index (χ2v) is 8.72. The van der Waals surface area contributed by atoms with Crippen molar-refractivity contribution in [2.45, 2.75) is 58.0 Å². The fourth-order valence-electron chi connectivity index (χ4n) is 3.02. The summed E-state index contributed by atoms with van der Waals surface area (Å²) in [5.74, 6) is -1.41. The van der Waals surface area contributed by atoms with Gasteiger partial charge in [0, 0.05) is 11.5 Å². The predicted molar refractivity (Wildman–Crippen MR) is 105 cm³/mol. The van der Waals surface area contributed by atoms with Gasteiger partial charge >= 0.3 is 6.36 Å². The highest BCUT2D eigenvalue weighted by molar-refractivity contribution is 5.49. The molecule has 11 heteroatoms. The van der Waals surface area contributed by atoms with Gasteiger partial charge in [0.05, 0.1) is 17.3 Å². The fourth-order valence-corrected chi connectivity index (χ4v) is 3.02. The molecule has 2 N–H and O–H groups in total. The number of aliphatic hydroxyl groups is 1. The number of nitrogens with one attached hydrogen (secondary N) is 1. The molecule has 0 saturated carbocycles. The Morgan fingerprint density at radius 3 is 2.32 bits per heavy atom. The van der Waals surface area contributed by atoms with Gasteiger partial charge in [-0.2, -0.15) is 14.6 Å². The molecule has 0 radical (unpaired) electrons. The van der Waals surface area contributed by atoms with Crippen LogP contribution >= 0.6 is 0 Å². The van der Waals surface area contributed by atoms with Crippen LogP contribution in [0.2, 0.25) is 0 Å². The molecule has 0 spiro atoms. The molecule has 7 nitrogen and oxygen atoms in total. The van der Waals surface area contributed by atoms with Gasteiger partial charge in [-0.25, -0.2) is 9.37 Å². The zero-order valence-electron chi connectivity index (χ0n) is 17.6. The van der Waals surface area contributed by atoms with E-state index < -0.39 is 29.6 Å². The molecule has 1 aromatic carbocycles. The summed E-state index contributed by atoms with van der Waals surface area (Å²) in [6.07, 6.45) is -3.70. The third-order valence-electron chi connectivity index (χ3n) is 4.53. The average molecular weight is 441 g/mol.